The van der Waals surface area contributed by atoms with Crippen molar-refractivity contribution >= 4 is 45.4 Å². The number of thiazole rings is 1. The van der Waals surface area contributed by atoms with Crippen LogP contribution in [0.3, 0.4) is 0 Å². The van der Waals surface area contributed by atoms with E-state index >= 15 is 0 Å². The number of hydrogen-bond donors (Lipinski definition) is 1. The van der Waals surface area contributed by atoms with Crippen LogP contribution in [0.25, 0.3) is 10.2 Å². The number of thioether (sulfide) groups is 1. The first-order valence-electron chi connectivity index (χ1n) is 7.05. The van der Waals surface area contributed by atoms with Crippen molar-refractivity contribution in [2.45, 2.75) is 4.34 Å². The van der Waals surface area contributed by atoms with Crippen molar-refractivity contribution in [3.63, 3.8) is 0 Å². The highest BCUT2D eigenvalue weighted by molar-refractivity contribution is 8.01. The second-order valence-corrected chi connectivity index (χ2v) is 7.02. The maximum atomic E-state index is 11.8. The van der Waals surface area contributed by atoms with E-state index in [0.717, 1.165) is 20.1 Å². The van der Waals surface area contributed by atoms with Crippen LogP contribution in [0.5, 0.6) is 0 Å². The third-order valence-corrected chi connectivity index (χ3v) is 5.22. The molecular weight excluding hydrogens is 340 g/mol. The summed E-state index contributed by atoms with van der Waals surface area (Å²) in [5.74, 6) is 0.0639. The normalized spacial score (nSPS) is 10.8. The van der Waals surface area contributed by atoms with E-state index in [0.29, 0.717) is 5.56 Å². The summed E-state index contributed by atoms with van der Waals surface area (Å²) in [4.78, 5) is 16.3. The van der Waals surface area contributed by atoms with Crippen LogP contribution < -0.4 is 5.43 Å². The van der Waals surface area contributed by atoms with Gasteiger partial charge in [0.25, 0.3) is 5.91 Å². The lowest BCUT2D eigenvalue weighted by atomic mass is 10.2. The molecule has 1 N–H and O–H groups in total. The van der Waals surface area contributed by atoms with Crippen molar-refractivity contribution in [3.05, 3.63) is 59.7 Å². The molecule has 7 heteroatoms. The molecule has 0 aliphatic rings. The number of nitriles is 1. The van der Waals surface area contributed by atoms with Crippen LogP contribution >= 0.6 is 23.1 Å². The molecule has 2 aromatic carbocycles. The summed E-state index contributed by atoms with van der Waals surface area (Å²) in [6.07, 6.45) is 1.54. The lowest BCUT2D eigenvalue weighted by molar-refractivity contribution is -0.118. The molecular formula is C17H12N4OS2. The highest BCUT2D eigenvalue weighted by Crippen LogP contribution is 2.28. The number of rotatable bonds is 5. The van der Waals surface area contributed by atoms with Crippen molar-refractivity contribution in [2.75, 3.05) is 5.75 Å². The first-order chi connectivity index (χ1) is 11.7. The first kappa shape index (κ1) is 16.2. The molecule has 24 heavy (non-hydrogen) atoms. The van der Waals surface area contributed by atoms with E-state index in [2.05, 4.69) is 15.5 Å². The number of carbonyl (C=O) groups excluding carboxylic acids is 1. The molecule has 5 nitrogen and oxygen atoms in total. The molecule has 0 aliphatic carbocycles. The molecule has 0 unspecified atom stereocenters. The highest BCUT2D eigenvalue weighted by atomic mass is 32.2. The monoisotopic (exact) mass is 352 g/mol. The van der Waals surface area contributed by atoms with E-state index in [-0.39, 0.29) is 11.7 Å². The van der Waals surface area contributed by atoms with Gasteiger partial charge < -0.3 is 0 Å². The fourth-order valence-electron chi connectivity index (χ4n) is 1.89. The van der Waals surface area contributed by atoms with E-state index in [1.807, 2.05) is 30.3 Å². The van der Waals surface area contributed by atoms with E-state index in [9.17, 15) is 4.79 Å². The Kier molecular flexibility index (Phi) is 5.21. The smallest absolute Gasteiger partial charge is 0.250 e. The molecule has 0 aliphatic heterocycles. The fraction of sp³-hybridized carbons (Fsp3) is 0.0588. The number of benzene rings is 2. The van der Waals surface area contributed by atoms with Crippen molar-refractivity contribution in [1.29, 1.82) is 5.26 Å². The van der Waals surface area contributed by atoms with Crippen molar-refractivity contribution in [1.82, 2.24) is 10.4 Å². The van der Waals surface area contributed by atoms with Crippen LogP contribution in [0.2, 0.25) is 0 Å². The van der Waals surface area contributed by atoms with E-state index in [1.165, 1.54) is 11.8 Å². The Morgan fingerprint density at radius 3 is 2.83 bits per heavy atom. The van der Waals surface area contributed by atoms with Crippen LogP contribution in [0.4, 0.5) is 0 Å². The van der Waals surface area contributed by atoms with Gasteiger partial charge >= 0.3 is 0 Å². The molecule has 0 saturated heterocycles. The number of carbonyl (C=O) groups is 1. The molecule has 3 aromatic rings. The molecule has 1 aromatic heterocycles. The lowest BCUT2D eigenvalue weighted by Crippen LogP contribution is -2.19. The molecule has 0 spiro atoms. The van der Waals surface area contributed by atoms with Crippen LogP contribution in [0.15, 0.2) is 58.0 Å². The molecule has 0 fully saturated rings. The summed E-state index contributed by atoms with van der Waals surface area (Å²) >= 11 is 2.96. The Labute approximate surface area is 147 Å². The van der Waals surface area contributed by atoms with Crippen molar-refractivity contribution < 1.29 is 4.79 Å². The topological polar surface area (TPSA) is 78.1 Å². The van der Waals surface area contributed by atoms with Gasteiger partial charge in [0.05, 0.1) is 33.8 Å². The van der Waals surface area contributed by atoms with Crippen LogP contribution in [0.1, 0.15) is 11.1 Å². The van der Waals surface area contributed by atoms with Crippen molar-refractivity contribution in [2.24, 2.45) is 5.10 Å². The summed E-state index contributed by atoms with van der Waals surface area (Å²) < 4.78 is 1.97. The molecule has 3 rings (SSSR count). The number of fused-ring (bicyclic) bond motifs is 1. The van der Waals surface area contributed by atoms with Gasteiger partial charge in [0.15, 0.2) is 4.34 Å². The van der Waals surface area contributed by atoms with Gasteiger partial charge in [-0.05, 0) is 29.8 Å². The highest BCUT2D eigenvalue weighted by Gasteiger charge is 2.06. The van der Waals surface area contributed by atoms with E-state index in [1.54, 1.807) is 41.8 Å². The minimum Gasteiger partial charge on any atom is -0.272 e. The summed E-state index contributed by atoms with van der Waals surface area (Å²) in [5.41, 5.74) is 4.83. The van der Waals surface area contributed by atoms with Gasteiger partial charge in [-0.2, -0.15) is 10.4 Å². The summed E-state index contributed by atoms with van der Waals surface area (Å²) in [6, 6.07) is 16.9. The maximum absolute atomic E-state index is 11.8. The summed E-state index contributed by atoms with van der Waals surface area (Å²) in [5, 5.41) is 12.6. The Balaban J connectivity index is 1.50. The van der Waals surface area contributed by atoms with Gasteiger partial charge in [-0.3, -0.25) is 4.79 Å². The average Bonchev–Trinajstić information content (AvgIpc) is 3.03. The lowest BCUT2D eigenvalue weighted by Gasteiger charge is -1.97. The number of amides is 1. The zero-order valence-corrected chi connectivity index (χ0v) is 14.1. The van der Waals surface area contributed by atoms with Gasteiger partial charge in [0, 0.05) is 0 Å². The molecule has 0 bridgehead atoms. The number of para-hydroxylation sites is 1. The first-order valence-corrected chi connectivity index (χ1v) is 8.85. The number of nitrogens with one attached hydrogen (secondary N) is 1. The quantitative estimate of drug-likeness (QED) is 0.434. The standard InChI is InChI=1S/C17H12N4OS2/c18-9-12-5-7-13(8-6-12)10-19-21-16(22)11-23-17-20-14-3-1-2-4-15(14)24-17/h1-8,10H,11H2,(H,21,22)/b19-10-. The maximum Gasteiger partial charge on any atom is 0.250 e. The minimum atomic E-state index is -0.191. The molecule has 1 heterocycles. The molecule has 0 atom stereocenters. The van der Waals surface area contributed by atoms with E-state index < -0.39 is 0 Å². The molecule has 118 valence electrons. The van der Waals surface area contributed by atoms with E-state index in [4.69, 9.17) is 5.26 Å². The van der Waals surface area contributed by atoms with Gasteiger partial charge in [0.2, 0.25) is 0 Å². The molecule has 0 radical (unpaired) electrons. The SMILES string of the molecule is N#Cc1ccc(/C=N\NC(=O)CSc2nc3ccccc3s2)cc1. The third kappa shape index (κ3) is 4.19. The predicted octanol–water partition coefficient (Wildman–Crippen LogP) is 3.41. The molecule has 0 saturated carbocycles. The number of hydrogen-bond acceptors (Lipinski definition) is 6. The summed E-state index contributed by atoms with van der Waals surface area (Å²) in [7, 11) is 0. The number of nitrogens with zero attached hydrogens (tertiary/aromatic N) is 3. The second-order valence-electron chi connectivity index (χ2n) is 4.76. The Hall–Kier alpha value is -2.69. The average molecular weight is 352 g/mol. The number of hydrazone groups is 1. The molecule has 1 amide bonds. The Morgan fingerprint density at radius 1 is 1.29 bits per heavy atom. The largest absolute Gasteiger partial charge is 0.272 e. The predicted molar refractivity (Wildman–Crippen MR) is 97.2 cm³/mol. The van der Waals surface area contributed by atoms with Crippen LogP contribution in [-0.4, -0.2) is 22.9 Å². The van der Waals surface area contributed by atoms with Crippen LogP contribution in [0, 0.1) is 11.3 Å². The summed E-state index contributed by atoms with van der Waals surface area (Å²) in [6.45, 7) is 0. The Morgan fingerprint density at radius 2 is 2.08 bits per heavy atom. The zero-order valence-electron chi connectivity index (χ0n) is 12.5. The second kappa shape index (κ2) is 7.73. The van der Waals surface area contributed by atoms with Gasteiger partial charge in [-0.1, -0.05) is 36.0 Å². The fourth-order valence-corrected chi connectivity index (χ4v) is 3.76. The van der Waals surface area contributed by atoms with Crippen LogP contribution in [-0.2, 0) is 4.79 Å². The zero-order chi connectivity index (χ0) is 16.8. The van der Waals surface area contributed by atoms with Crippen molar-refractivity contribution in [3.8, 4) is 6.07 Å². The number of aromatic nitrogens is 1. The minimum absolute atomic E-state index is 0.191. The van der Waals surface area contributed by atoms with Gasteiger partial charge in [-0.15, -0.1) is 11.3 Å². The Bertz CT molecular complexity index is 893. The van der Waals surface area contributed by atoms with Gasteiger partial charge in [-0.25, -0.2) is 10.4 Å². The third-order valence-electron chi connectivity index (χ3n) is 3.04. The van der Waals surface area contributed by atoms with Gasteiger partial charge in [0.1, 0.15) is 0 Å².